The summed E-state index contributed by atoms with van der Waals surface area (Å²) < 4.78 is 22.2. The second-order valence-corrected chi connectivity index (χ2v) is 5.72. The SMILES string of the molecule is CCOP(=O)(CC(=O)Nc1ccccc1O)OCC. The second kappa shape index (κ2) is 7.28. The molecule has 0 aliphatic carbocycles. The fourth-order valence-electron chi connectivity index (χ4n) is 1.47. The largest absolute Gasteiger partial charge is 0.506 e. The fourth-order valence-corrected chi connectivity index (χ4v) is 2.94. The smallest absolute Gasteiger partial charge is 0.340 e. The highest BCUT2D eigenvalue weighted by Gasteiger charge is 2.27. The zero-order valence-electron chi connectivity index (χ0n) is 11.0. The molecule has 106 valence electrons. The molecule has 19 heavy (non-hydrogen) atoms. The molecule has 0 aliphatic rings. The lowest BCUT2D eigenvalue weighted by Crippen LogP contribution is -2.18. The summed E-state index contributed by atoms with van der Waals surface area (Å²) in [5, 5.41) is 12.0. The first-order valence-electron chi connectivity index (χ1n) is 5.96. The molecular formula is C12H18NO5P. The van der Waals surface area contributed by atoms with Crippen LogP contribution < -0.4 is 5.32 Å². The molecule has 1 rings (SSSR count). The molecule has 0 aliphatic heterocycles. The molecule has 1 amide bonds. The third-order valence-corrected chi connectivity index (χ3v) is 4.14. The molecule has 0 spiro atoms. The summed E-state index contributed by atoms with van der Waals surface area (Å²) in [6.45, 7) is 3.74. The van der Waals surface area contributed by atoms with Crippen molar-refractivity contribution in [3.8, 4) is 5.75 Å². The summed E-state index contributed by atoms with van der Waals surface area (Å²) in [6.07, 6.45) is -0.386. The number of benzene rings is 1. The Balaban J connectivity index is 2.68. The Labute approximate surface area is 112 Å². The van der Waals surface area contributed by atoms with Crippen molar-refractivity contribution in [2.75, 3.05) is 24.7 Å². The number of hydrogen-bond donors (Lipinski definition) is 2. The molecule has 0 fully saturated rings. The van der Waals surface area contributed by atoms with Crippen LogP contribution in [0.2, 0.25) is 0 Å². The predicted molar refractivity (Wildman–Crippen MR) is 72.5 cm³/mol. The third-order valence-electron chi connectivity index (χ3n) is 2.17. The van der Waals surface area contributed by atoms with Crippen LogP contribution >= 0.6 is 7.60 Å². The van der Waals surface area contributed by atoms with Crippen LogP contribution in [-0.2, 0) is 18.4 Å². The third kappa shape index (κ3) is 5.03. The number of phenols is 1. The molecule has 2 N–H and O–H groups in total. The summed E-state index contributed by atoms with van der Waals surface area (Å²) >= 11 is 0. The van der Waals surface area contributed by atoms with Gasteiger partial charge < -0.3 is 19.5 Å². The van der Waals surface area contributed by atoms with E-state index >= 15 is 0 Å². The average molecular weight is 287 g/mol. The summed E-state index contributed by atoms with van der Waals surface area (Å²) in [7, 11) is -3.42. The number of para-hydroxylation sites is 2. The van der Waals surface area contributed by atoms with Gasteiger partial charge in [0.1, 0.15) is 11.9 Å². The minimum Gasteiger partial charge on any atom is -0.506 e. The van der Waals surface area contributed by atoms with E-state index < -0.39 is 13.5 Å². The predicted octanol–water partition coefficient (Wildman–Crippen LogP) is 2.60. The van der Waals surface area contributed by atoms with Gasteiger partial charge in [0.2, 0.25) is 5.91 Å². The maximum atomic E-state index is 12.1. The van der Waals surface area contributed by atoms with Crippen molar-refractivity contribution in [3.05, 3.63) is 24.3 Å². The van der Waals surface area contributed by atoms with E-state index in [9.17, 15) is 14.5 Å². The van der Waals surface area contributed by atoms with Gasteiger partial charge >= 0.3 is 7.60 Å². The van der Waals surface area contributed by atoms with Gasteiger partial charge in [-0.2, -0.15) is 0 Å². The van der Waals surface area contributed by atoms with Crippen molar-refractivity contribution in [1.29, 1.82) is 0 Å². The van der Waals surface area contributed by atoms with E-state index in [2.05, 4.69) is 5.32 Å². The minimum atomic E-state index is -3.42. The van der Waals surface area contributed by atoms with Crippen LogP contribution in [0.3, 0.4) is 0 Å². The van der Waals surface area contributed by atoms with E-state index in [0.717, 1.165) is 0 Å². The van der Waals surface area contributed by atoms with Crippen LogP contribution in [0.25, 0.3) is 0 Å². The molecule has 0 saturated heterocycles. The number of phenolic OH excluding ortho intramolecular Hbond substituents is 1. The van der Waals surface area contributed by atoms with Gasteiger partial charge in [-0.05, 0) is 26.0 Å². The lowest BCUT2D eigenvalue weighted by molar-refractivity contribution is -0.114. The first-order chi connectivity index (χ1) is 9.00. The van der Waals surface area contributed by atoms with E-state index in [-0.39, 0.29) is 30.8 Å². The number of aromatic hydroxyl groups is 1. The highest BCUT2D eigenvalue weighted by atomic mass is 31.2. The molecule has 0 atom stereocenters. The second-order valence-electron chi connectivity index (χ2n) is 3.67. The van der Waals surface area contributed by atoms with Crippen molar-refractivity contribution in [2.45, 2.75) is 13.8 Å². The summed E-state index contributed by atoms with van der Waals surface area (Å²) in [4.78, 5) is 11.8. The van der Waals surface area contributed by atoms with Crippen LogP contribution in [0.15, 0.2) is 24.3 Å². The molecule has 0 aromatic heterocycles. The number of carbonyl (C=O) groups is 1. The molecule has 0 saturated carbocycles. The minimum absolute atomic E-state index is 0.0569. The van der Waals surface area contributed by atoms with Gasteiger partial charge in [0.05, 0.1) is 18.9 Å². The molecule has 7 heteroatoms. The molecule has 0 heterocycles. The van der Waals surface area contributed by atoms with Gasteiger partial charge in [0, 0.05) is 0 Å². The maximum absolute atomic E-state index is 12.1. The Morgan fingerprint density at radius 2 is 1.84 bits per heavy atom. The van der Waals surface area contributed by atoms with Crippen LogP contribution in [0.1, 0.15) is 13.8 Å². The number of hydrogen-bond acceptors (Lipinski definition) is 5. The standard InChI is InChI=1S/C12H18NO5P/c1-3-17-19(16,18-4-2)9-12(15)13-10-7-5-6-8-11(10)14/h5-8,14H,3-4,9H2,1-2H3,(H,13,15). The molecular weight excluding hydrogens is 269 g/mol. The molecule has 0 unspecified atom stereocenters. The van der Waals surface area contributed by atoms with E-state index in [4.69, 9.17) is 9.05 Å². The quantitative estimate of drug-likeness (QED) is 0.594. The first kappa shape index (κ1) is 15.7. The van der Waals surface area contributed by atoms with Gasteiger partial charge in [-0.3, -0.25) is 9.36 Å². The highest BCUT2D eigenvalue weighted by molar-refractivity contribution is 7.54. The number of anilines is 1. The van der Waals surface area contributed by atoms with Crippen molar-refractivity contribution in [3.63, 3.8) is 0 Å². The van der Waals surface area contributed by atoms with Crippen molar-refractivity contribution < 1.29 is 23.5 Å². The lowest BCUT2D eigenvalue weighted by Gasteiger charge is -2.16. The van der Waals surface area contributed by atoms with Crippen LogP contribution in [0.4, 0.5) is 5.69 Å². The molecule has 0 radical (unpaired) electrons. The zero-order valence-corrected chi connectivity index (χ0v) is 11.9. The first-order valence-corrected chi connectivity index (χ1v) is 7.69. The maximum Gasteiger partial charge on any atom is 0.340 e. The van der Waals surface area contributed by atoms with Gasteiger partial charge in [-0.1, -0.05) is 12.1 Å². The van der Waals surface area contributed by atoms with Crippen LogP contribution in [0.5, 0.6) is 5.75 Å². The van der Waals surface area contributed by atoms with Gasteiger partial charge in [0.25, 0.3) is 0 Å². The van der Waals surface area contributed by atoms with Crippen LogP contribution in [-0.4, -0.2) is 30.4 Å². The molecule has 1 aromatic carbocycles. The molecule has 1 aromatic rings. The number of nitrogens with one attached hydrogen (secondary N) is 1. The van der Waals surface area contributed by atoms with E-state index in [1.807, 2.05) is 0 Å². The van der Waals surface area contributed by atoms with Crippen molar-refractivity contribution >= 4 is 19.2 Å². The fraction of sp³-hybridized carbons (Fsp3) is 0.417. The van der Waals surface area contributed by atoms with Gasteiger partial charge in [-0.15, -0.1) is 0 Å². The Bertz CT molecular complexity index is 467. The van der Waals surface area contributed by atoms with Crippen molar-refractivity contribution in [1.82, 2.24) is 0 Å². The van der Waals surface area contributed by atoms with Crippen LogP contribution in [0, 0.1) is 0 Å². The normalized spacial score (nSPS) is 11.3. The summed E-state index contributed by atoms with van der Waals surface area (Å²) in [5.74, 6) is -0.592. The van der Waals surface area contributed by atoms with Gasteiger partial charge in [0.15, 0.2) is 0 Å². The van der Waals surface area contributed by atoms with E-state index in [0.29, 0.717) is 0 Å². The number of rotatable bonds is 7. The Kier molecular flexibility index (Phi) is 6.02. The highest BCUT2D eigenvalue weighted by Crippen LogP contribution is 2.47. The van der Waals surface area contributed by atoms with E-state index in [1.54, 1.807) is 32.0 Å². The van der Waals surface area contributed by atoms with Crippen molar-refractivity contribution in [2.24, 2.45) is 0 Å². The average Bonchev–Trinajstić information content (AvgIpc) is 2.32. The Morgan fingerprint density at radius 1 is 1.26 bits per heavy atom. The topological polar surface area (TPSA) is 84.9 Å². The van der Waals surface area contributed by atoms with Gasteiger partial charge in [-0.25, -0.2) is 0 Å². The number of amides is 1. The zero-order chi connectivity index (χ0) is 14.3. The summed E-state index contributed by atoms with van der Waals surface area (Å²) in [5.41, 5.74) is 0.257. The molecule has 0 bridgehead atoms. The Morgan fingerprint density at radius 3 is 2.37 bits per heavy atom. The summed E-state index contributed by atoms with van der Waals surface area (Å²) in [6, 6.07) is 6.29. The lowest BCUT2D eigenvalue weighted by atomic mass is 10.3. The Hall–Kier alpha value is -1.36. The number of carbonyl (C=O) groups excluding carboxylic acids is 1. The van der Waals surface area contributed by atoms with E-state index in [1.165, 1.54) is 6.07 Å². The molecule has 6 nitrogen and oxygen atoms in total. The monoisotopic (exact) mass is 287 g/mol.